The summed E-state index contributed by atoms with van der Waals surface area (Å²) in [7, 11) is 0. The first-order valence-corrected chi connectivity index (χ1v) is 21.4. The predicted octanol–water partition coefficient (Wildman–Crippen LogP) is 5.80. The Morgan fingerprint density at radius 1 is 0.738 bits per heavy atom. The van der Waals surface area contributed by atoms with E-state index in [4.69, 9.17) is 25.1 Å². The molecule has 4 heterocycles. The van der Waals surface area contributed by atoms with Gasteiger partial charge >= 0.3 is 0 Å². The SMILES string of the molecule is CCCc1ccc(-c2nc(-c3cccc4c3CCCN4CC(N)(CO)CO)no2)cc1.CCCc1ccc2oc(COc3ccc4c(c3)CCN4CC(N)(CO)CO)cc2c1. The van der Waals surface area contributed by atoms with Crippen LogP contribution in [0.4, 0.5) is 11.4 Å². The van der Waals surface area contributed by atoms with Crippen molar-refractivity contribution < 1.29 is 34.1 Å². The van der Waals surface area contributed by atoms with Crippen molar-refractivity contribution in [2.75, 3.05) is 62.4 Å². The maximum atomic E-state index is 9.61. The predicted molar refractivity (Wildman–Crippen MR) is 239 cm³/mol. The number of benzene rings is 4. The van der Waals surface area contributed by atoms with E-state index < -0.39 is 11.1 Å². The Hall–Kier alpha value is -5.28. The Labute approximate surface area is 357 Å². The van der Waals surface area contributed by atoms with Crippen LogP contribution < -0.4 is 26.0 Å². The number of aliphatic hydroxyl groups excluding tert-OH is 4. The standard InChI is InChI=1S/C24H30N4O3.C24H30N2O4/c1-2-5-17-9-11-18(12-10-17)23-26-22(27-31-23)20-6-3-8-21-19(20)7-4-13-28(21)14-24(25,15-29)16-30;1-2-3-17-4-7-23-19(10-17)12-21(30-23)13-29-20-5-6-22-18(11-20)8-9-26(22)14-24(25,15-27)16-28/h3,6,8-12,29-30H,2,4-5,7,13-16,25H2,1H3;4-7,10-12,27-28H,2-3,8-9,13-16,25H2,1H3. The molecule has 0 radical (unpaired) electrons. The van der Waals surface area contributed by atoms with Crippen LogP contribution in [0.15, 0.2) is 93.9 Å². The number of anilines is 2. The first kappa shape index (κ1) is 43.8. The molecule has 0 fully saturated rings. The maximum Gasteiger partial charge on any atom is 0.258 e. The van der Waals surface area contributed by atoms with Crippen molar-refractivity contribution in [1.82, 2.24) is 10.1 Å². The number of rotatable bonds is 17. The van der Waals surface area contributed by atoms with Crippen LogP contribution in [0, 0.1) is 0 Å². The molecular formula is C48H60N6O7. The van der Waals surface area contributed by atoms with Crippen molar-refractivity contribution in [2.24, 2.45) is 11.5 Å². The summed E-state index contributed by atoms with van der Waals surface area (Å²) in [6, 6.07) is 28.7. The highest BCUT2D eigenvalue weighted by Crippen LogP contribution is 2.36. The number of fused-ring (bicyclic) bond motifs is 3. The molecule has 61 heavy (non-hydrogen) atoms. The summed E-state index contributed by atoms with van der Waals surface area (Å²) in [5, 5.41) is 43.5. The molecule has 2 aromatic heterocycles. The van der Waals surface area contributed by atoms with Crippen molar-refractivity contribution in [3.05, 3.63) is 113 Å². The highest BCUT2D eigenvalue weighted by atomic mass is 16.5. The molecule has 13 nitrogen and oxygen atoms in total. The van der Waals surface area contributed by atoms with Gasteiger partial charge in [0.2, 0.25) is 5.82 Å². The van der Waals surface area contributed by atoms with E-state index >= 15 is 0 Å². The van der Waals surface area contributed by atoms with Crippen LogP contribution in [-0.4, -0.2) is 94.3 Å². The molecule has 4 aromatic carbocycles. The summed E-state index contributed by atoms with van der Waals surface area (Å²) >= 11 is 0. The number of hydrogen-bond donors (Lipinski definition) is 6. The molecule has 0 atom stereocenters. The molecule has 0 bridgehead atoms. The number of hydrogen-bond acceptors (Lipinski definition) is 13. The highest BCUT2D eigenvalue weighted by Gasteiger charge is 2.31. The Balaban J connectivity index is 0.000000184. The Morgan fingerprint density at radius 2 is 1.43 bits per heavy atom. The van der Waals surface area contributed by atoms with Crippen LogP contribution in [0.25, 0.3) is 33.8 Å². The molecule has 0 aliphatic carbocycles. The fraction of sp³-hybridized carbons (Fsp3) is 0.417. The van der Waals surface area contributed by atoms with Gasteiger partial charge in [-0.15, -0.1) is 0 Å². The molecule has 6 aromatic rings. The second kappa shape index (κ2) is 19.6. The minimum absolute atomic E-state index is 0.256. The fourth-order valence-corrected chi connectivity index (χ4v) is 8.21. The van der Waals surface area contributed by atoms with E-state index in [1.807, 2.05) is 60.7 Å². The lowest BCUT2D eigenvalue weighted by Gasteiger charge is -2.38. The topological polar surface area (TPSA) is 201 Å². The second-order valence-corrected chi connectivity index (χ2v) is 16.6. The molecule has 0 amide bonds. The van der Waals surface area contributed by atoms with Crippen molar-refractivity contribution in [3.63, 3.8) is 0 Å². The van der Waals surface area contributed by atoms with E-state index in [9.17, 15) is 20.4 Å². The number of nitrogens with two attached hydrogens (primary N) is 2. The Bertz CT molecular complexity index is 2350. The molecule has 0 saturated heterocycles. The summed E-state index contributed by atoms with van der Waals surface area (Å²) in [5.41, 5.74) is 19.9. The number of aliphatic hydroxyl groups is 4. The quantitative estimate of drug-likeness (QED) is 0.0645. The summed E-state index contributed by atoms with van der Waals surface area (Å²) in [6.45, 7) is 6.06. The number of aromatic nitrogens is 2. The van der Waals surface area contributed by atoms with Gasteiger partial charge in [-0.2, -0.15) is 4.98 Å². The van der Waals surface area contributed by atoms with Gasteiger partial charge in [-0.25, -0.2) is 0 Å². The third-order valence-electron chi connectivity index (χ3n) is 11.6. The van der Waals surface area contributed by atoms with Gasteiger partial charge in [-0.3, -0.25) is 0 Å². The van der Waals surface area contributed by atoms with Crippen LogP contribution in [0.1, 0.15) is 61.1 Å². The maximum absolute atomic E-state index is 9.61. The largest absolute Gasteiger partial charge is 0.486 e. The number of furan rings is 1. The van der Waals surface area contributed by atoms with E-state index in [1.165, 1.54) is 16.7 Å². The zero-order valence-electron chi connectivity index (χ0n) is 35.4. The minimum Gasteiger partial charge on any atom is -0.486 e. The number of nitrogens with zero attached hydrogens (tertiary/aromatic N) is 4. The molecule has 2 aliphatic heterocycles. The van der Waals surface area contributed by atoms with Crippen molar-refractivity contribution in [3.8, 4) is 28.6 Å². The van der Waals surface area contributed by atoms with Crippen LogP contribution in [-0.2, 0) is 32.3 Å². The highest BCUT2D eigenvalue weighted by molar-refractivity contribution is 5.78. The van der Waals surface area contributed by atoms with Crippen molar-refractivity contribution in [1.29, 1.82) is 0 Å². The van der Waals surface area contributed by atoms with Gasteiger partial charge in [-0.05, 0) is 109 Å². The average Bonchev–Trinajstić information content (AvgIpc) is 4.05. The van der Waals surface area contributed by atoms with E-state index in [-0.39, 0.29) is 26.4 Å². The second-order valence-electron chi connectivity index (χ2n) is 16.6. The van der Waals surface area contributed by atoms with E-state index in [0.29, 0.717) is 31.4 Å². The Morgan fingerprint density at radius 3 is 2.13 bits per heavy atom. The van der Waals surface area contributed by atoms with E-state index in [0.717, 1.165) is 109 Å². The summed E-state index contributed by atoms with van der Waals surface area (Å²) in [6.07, 6.45) is 7.08. The van der Waals surface area contributed by atoms with Gasteiger partial charge in [0.15, 0.2) is 0 Å². The molecule has 2 aliphatic rings. The van der Waals surface area contributed by atoms with Crippen molar-refractivity contribution >= 4 is 22.3 Å². The van der Waals surface area contributed by atoms with Crippen LogP contribution in [0.3, 0.4) is 0 Å². The molecule has 13 heteroatoms. The number of aryl methyl sites for hydroxylation is 2. The fourth-order valence-electron chi connectivity index (χ4n) is 8.21. The monoisotopic (exact) mass is 832 g/mol. The van der Waals surface area contributed by atoms with E-state index in [2.05, 4.69) is 58.1 Å². The van der Waals surface area contributed by atoms with Gasteiger partial charge in [0.25, 0.3) is 5.89 Å². The van der Waals surface area contributed by atoms with E-state index in [1.54, 1.807) is 0 Å². The van der Waals surface area contributed by atoms with Gasteiger partial charge in [-0.1, -0.05) is 62.2 Å². The molecule has 0 unspecified atom stereocenters. The average molecular weight is 833 g/mol. The molecular weight excluding hydrogens is 773 g/mol. The number of ether oxygens (including phenoxy) is 1. The minimum atomic E-state index is -1.05. The van der Waals surface area contributed by atoms with Crippen LogP contribution in [0.2, 0.25) is 0 Å². The lowest BCUT2D eigenvalue weighted by Crippen LogP contribution is -2.56. The van der Waals surface area contributed by atoms with Crippen molar-refractivity contribution in [2.45, 2.75) is 76.5 Å². The summed E-state index contributed by atoms with van der Waals surface area (Å²) in [5.74, 6) is 2.67. The van der Waals surface area contributed by atoms with Gasteiger partial charge in [0.1, 0.15) is 23.7 Å². The molecule has 8 rings (SSSR count). The Kier molecular flexibility index (Phi) is 14.1. The first-order chi connectivity index (χ1) is 29.6. The molecule has 8 N–H and O–H groups in total. The smallest absolute Gasteiger partial charge is 0.258 e. The lowest BCUT2D eigenvalue weighted by atomic mass is 9.93. The zero-order valence-corrected chi connectivity index (χ0v) is 35.4. The summed E-state index contributed by atoms with van der Waals surface area (Å²) < 4.78 is 17.5. The zero-order chi connectivity index (χ0) is 43.0. The summed E-state index contributed by atoms with van der Waals surface area (Å²) in [4.78, 5) is 8.90. The molecule has 324 valence electrons. The third kappa shape index (κ3) is 10.3. The van der Waals surface area contributed by atoms with Crippen LogP contribution >= 0.6 is 0 Å². The van der Waals surface area contributed by atoms with Gasteiger partial charge in [0, 0.05) is 54.1 Å². The first-order valence-electron chi connectivity index (χ1n) is 21.4. The van der Waals surface area contributed by atoms with Crippen LogP contribution in [0.5, 0.6) is 5.75 Å². The normalized spacial score (nSPS) is 13.9. The van der Waals surface area contributed by atoms with Gasteiger partial charge in [0.05, 0.1) is 37.5 Å². The molecule has 0 saturated carbocycles. The van der Waals surface area contributed by atoms with Gasteiger partial charge < -0.3 is 55.4 Å². The lowest BCUT2D eigenvalue weighted by molar-refractivity contribution is 0.124. The molecule has 0 spiro atoms. The third-order valence-corrected chi connectivity index (χ3v) is 11.6.